The van der Waals surface area contributed by atoms with Crippen LogP contribution in [0.4, 0.5) is 5.82 Å². The van der Waals surface area contributed by atoms with E-state index in [2.05, 4.69) is 21.9 Å². The van der Waals surface area contributed by atoms with Crippen molar-refractivity contribution in [3.05, 3.63) is 35.7 Å². The van der Waals surface area contributed by atoms with Gasteiger partial charge in [0.25, 0.3) is 0 Å². The first kappa shape index (κ1) is 10.5. The molecule has 0 aliphatic carbocycles. The molecule has 0 atom stereocenters. The SMILES string of the molecule is CCc1nc(-c2ccccn2)nc(N)c1C. The van der Waals surface area contributed by atoms with E-state index >= 15 is 0 Å². The predicted molar refractivity (Wildman–Crippen MR) is 63.8 cm³/mol. The molecule has 4 nitrogen and oxygen atoms in total. The van der Waals surface area contributed by atoms with Crippen LogP contribution in [0.3, 0.4) is 0 Å². The van der Waals surface area contributed by atoms with Gasteiger partial charge in [0.2, 0.25) is 0 Å². The van der Waals surface area contributed by atoms with Gasteiger partial charge < -0.3 is 5.73 Å². The van der Waals surface area contributed by atoms with Crippen LogP contribution in [0.5, 0.6) is 0 Å². The Morgan fingerprint density at radius 1 is 1.25 bits per heavy atom. The van der Waals surface area contributed by atoms with Crippen LogP contribution >= 0.6 is 0 Å². The van der Waals surface area contributed by atoms with Gasteiger partial charge in [-0.05, 0) is 25.5 Å². The minimum absolute atomic E-state index is 0.535. The lowest BCUT2D eigenvalue weighted by molar-refractivity contribution is 0.976. The first-order valence-electron chi connectivity index (χ1n) is 5.26. The Labute approximate surface area is 94.6 Å². The third-order valence-corrected chi connectivity index (χ3v) is 2.51. The molecule has 0 saturated heterocycles. The highest BCUT2D eigenvalue weighted by Crippen LogP contribution is 2.18. The average molecular weight is 214 g/mol. The average Bonchev–Trinajstić information content (AvgIpc) is 2.33. The van der Waals surface area contributed by atoms with Crippen LogP contribution in [0.2, 0.25) is 0 Å². The number of pyridine rings is 1. The summed E-state index contributed by atoms with van der Waals surface area (Å²) in [6, 6.07) is 5.65. The van der Waals surface area contributed by atoms with E-state index in [4.69, 9.17) is 5.73 Å². The largest absolute Gasteiger partial charge is 0.383 e. The molecule has 4 heteroatoms. The number of aromatic nitrogens is 3. The zero-order valence-electron chi connectivity index (χ0n) is 9.44. The van der Waals surface area contributed by atoms with E-state index in [-0.39, 0.29) is 0 Å². The number of hydrogen-bond donors (Lipinski definition) is 1. The molecule has 2 rings (SSSR count). The Balaban J connectivity index is 2.55. The number of hydrogen-bond acceptors (Lipinski definition) is 4. The monoisotopic (exact) mass is 214 g/mol. The number of aryl methyl sites for hydroxylation is 1. The molecule has 0 unspecified atom stereocenters. The van der Waals surface area contributed by atoms with Crippen molar-refractivity contribution in [1.82, 2.24) is 15.0 Å². The highest BCUT2D eigenvalue weighted by molar-refractivity contribution is 5.54. The normalized spacial score (nSPS) is 10.4. The fourth-order valence-corrected chi connectivity index (χ4v) is 1.54. The lowest BCUT2D eigenvalue weighted by atomic mass is 10.2. The summed E-state index contributed by atoms with van der Waals surface area (Å²) in [5.74, 6) is 1.13. The van der Waals surface area contributed by atoms with Gasteiger partial charge in [0.15, 0.2) is 5.82 Å². The first-order valence-corrected chi connectivity index (χ1v) is 5.26. The third kappa shape index (κ3) is 1.86. The van der Waals surface area contributed by atoms with Crippen LogP contribution in [0.15, 0.2) is 24.4 Å². The van der Waals surface area contributed by atoms with Crippen molar-refractivity contribution in [3.8, 4) is 11.5 Å². The van der Waals surface area contributed by atoms with Gasteiger partial charge >= 0.3 is 0 Å². The molecule has 0 spiro atoms. The number of rotatable bonds is 2. The molecule has 2 aromatic heterocycles. The molecule has 0 amide bonds. The van der Waals surface area contributed by atoms with Gasteiger partial charge in [0.1, 0.15) is 11.5 Å². The molecule has 2 heterocycles. The van der Waals surface area contributed by atoms with Crippen LogP contribution in [0.25, 0.3) is 11.5 Å². The quantitative estimate of drug-likeness (QED) is 0.830. The summed E-state index contributed by atoms with van der Waals surface area (Å²) in [5, 5.41) is 0. The van der Waals surface area contributed by atoms with Crippen LogP contribution in [0, 0.1) is 6.92 Å². The summed E-state index contributed by atoms with van der Waals surface area (Å²) >= 11 is 0. The zero-order valence-corrected chi connectivity index (χ0v) is 9.44. The molecule has 0 aliphatic heterocycles. The number of nitrogen functional groups attached to an aromatic ring is 1. The van der Waals surface area contributed by atoms with Crippen molar-refractivity contribution < 1.29 is 0 Å². The highest BCUT2D eigenvalue weighted by Gasteiger charge is 2.09. The summed E-state index contributed by atoms with van der Waals surface area (Å²) < 4.78 is 0. The molecular formula is C12H14N4. The third-order valence-electron chi connectivity index (χ3n) is 2.51. The molecule has 2 N–H and O–H groups in total. The van der Waals surface area contributed by atoms with Crippen molar-refractivity contribution >= 4 is 5.82 Å². The summed E-state index contributed by atoms with van der Waals surface area (Å²) in [5.41, 5.74) is 8.55. The number of nitrogens with zero attached hydrogens (tertiary/aromatic N) is 3. The smallest absolute Gasteiger partial charge is 0.180 e. The summed E-state index contributed by atoms with van der Waals surface area (Å²) in [6.07, 6.45) is 2.57. The van der Waals surface area contributed by atoms with E-state index < -0.39 is 0 Å². The van der Waals surface area contributed by atoms with E-state index in [9.17, 15) is 0 Å². The molecule has 0 aliphatic rings. The van der Waals surface area contributed by atoms with Crippen LogP contribution < -0.4 is 5.73 Å². The van der Waals surface area contributed by atoms with Crippen molar-refractivity contribution in [2.75, 3.05) is 5.73 Å². The maximum Gasteiger partial charge on any atom is 0.180 e. The van der Waals surface area contributed by atoms with E-state index in [1.54, 1.807) is 6.20 Å². The molecule has 2 aromatic rings. The molecular weight excluding hydrogens is 200 g/mol. The maximum absolute atomic E-state index is 5.86. The molecule has 0 aromatic carbocycles. The molecule has 82 valence electrons. The van der Waals surface area contributed by atoms with E-state index in [1.165, 1.54) is 0 Å². The predicted octanol–water partition coefficient (Wildman–Crippen LogP) is 1.99. The minimum Gasteiger partial charge on any atom is -0.383 e. The minimum atomic E-state index is 0.535. The fraction of sp³-hybridized carbons (Fsp3) is 0.250. The molecule has 16 heavy (non-hydrogen) atoms. The van der Waals surface area contributed by atoms with Gasteiger partial charge in [-0.15, -0.1) is 0 Å². The maximum atomic E-state index is 5.86. The Morgan fingerprint density at radius 3 is 2.69 bits per heavy atom. The zero-order chi connectivity index (χ0) is 11.5. The van der Waals surface area contributed by atoms with Crippen LogP contribution in [-0.4, -0.2) is 15.0 Å². The van der Waals surface area contributed by atoms with Crippen molar-refractivity contribution in [3.63, 3.8) is 0 Å². The lowest BCUT2D eigenvalue weighted by Crippen LogP contribution is -2.04. The Hall–Kier alpha value is -1.97. The second-order valence-electron chi connectivity index (χ2n) is 3.57. The van der Waals surface area contributed by atoms with Gasteiger partial charge in [-0.2, -0.15) is 0 Å². The topological polar surface area (TPSA) is 64.7 Å². The van der Waals surface area contributed by atoms with E-state index in [0.717, 1.165) is 23.4 Å². The molecule has 0 bridgehead atoms. The fourth-order valence-electron chi connectivity index (χ4n) is 1.54. The van der Waals surface area contributed by atoms with E-state index in [0.29, 0.717) is 11.6 Å². The van der Waals surface area contributed by atoms with Gasteiger partial charge in [0.05, 0.1) is 0 Å². The van der Waals surface area contributed by atoms with Gasteiger partial charge in [0, 0.05) is 17.5 Å². The molecule has 0 saturated carbocycles. The second kappa shape index (κ2) is 4.26. The number of nitrogens with two attached hydrogens (primary N) is 1. The Kier molecular flexibility index (Phi) is 2.81. The highest BCUT2D eigenvalue weighted by atomic mass is 15.0. The summed E-state index contributed by atoms with van der Waals surface area (Å²) in [4.78, 5) is 12.9. The number of anilines is 1. The molecule has 0 fully saturated rings. The summed E-state index contributed by atoms with van der Waals surface area (Å²) in [6.45, 7) is 3.99. The van der Waals surface area contributed by atoms with E-state index in [1.807, 2.05) is 25.1 Å². The van der Waals surface area contributed by atoms with Crippen molar-refractivity contribution in [2.24, 2.45) is 0 Å². The Morgan fingerprint density at radius 2 is 2.06 bits per heavy atom. The van der Waals surface area contributed by atoms with Crippen molar-refractivity contribution in [2.45, 2.75) is 20.3 Å². The Bertz CT molecular complexity index is 494. The van der Waals surface area contributed by atoms with Crippen LogP contribution in [0.1, 0.15) is 18.2 Å². The lowest BCUT2D eigenvalue weighted by Gasteiger charge is -2.07. The van der Waals surface area contributed by atoms with Crippen LogP contribution in [-0.2, 0) is 6.42 Å². The summed E-state index contributed by atoms with van der Waals surface area (Å²) in [7, 11) is 0. The van der Waals surface area contributed by atoms with Gasteiger partial charge in [-0.3, -0.25) is 4.98 Å². The second-order valence-corrected chi connectivity index (χ2v) is 3.57. The van der Waals surface area contributed by atoms with Crippen molar-refractivity contribution in [1.29, 1.82) is 0 Å². The van der Waals surface area contributed by atoms with Gasteiger partial charge in [-0.25, -0.2) is 9.97 Å². The van der Waals surface area contributed by atoms with Gasteiger partial charge in [-0.1, -0.05) is 13.0 Å². The first-order chi connectivity index (χ1) is 7.72. The standard InChI is InChI=1S/C12H14N4/c1-3-9-8(2)11(13)16-12(15-9)10-6-4-5-7-14-10/h4-7H,3H2,1-2H3,(H2,13,15,16). The molecule has 0 radical (unpaired) electrons.